The van der Waals surface area contributed by atoms with Crippen LogP contribution in [-0.2, 0) is 6.42 Å². The highest BCUT2D eigenvalue weighted by atomic mass is 32.2. The van der Waals surface area contributed by atoms with E-state index in [4.69, 9.17) is 9.63 Å². The van der Waals surface area contributed by atoms with Gasteiger partial charge in [-0.25, -0.2) is 0 Å². The molecule has 2 rings (SSSR count). The molecule has 0 aliphatic carbocycles. The van der Waals surface area contributed by atoms with Gasteiger partial charge in [-0.1, -0.05) is 5.16 Å². The summed E-state index contributed by atoms with van der Waals surface area (Å²) in [4.78, 5) is 4.21. The van der Waals surface area contributed by atoms with Gasteiger partial charge in [-0.3, -0.25) is 0 Å². The minimum absolute atomic E-state index is 0.0613. The minimum atomic E-state index is 0.0613. The number of hydrogen-bond donors (Lipinski definition) is 2. The van der Waals surface area contributed by atoms with Crippen LogP contribution in [0.15, 0.2) is 4.52 Å². The van der Waals surface area contributed by atoms with Crippen molar-refractivity contribution in [3.05, 3.63) is 11.7 Å². The summed E-state index contributed by atoms with van der Waals surface area (Å²) in [6.45, 7) is 1.04. The third-order valence-electron chi connectivity index (χ3n) is 2.04. The maximum absolute atomic E-state index is 8.70. The monoisotopic (exact) mass is 215 g/mol. The SMILES string of the molecule is OCCc1noc(C2CSCCN2)n1. The fraction of sp³-hybridized carbons (Fsp3) is 0.750. The Kier molecular flexibility index (Phi) is 3.39. The number of nitrogens with one attached hydrogen (secondary N) is 1. The van der Waals surface area contributed by atoms with Crippen LogP contribution in [0.2, 0.25) is 0 Å². The summed E-state index contributed by atoms with van der Waals surface area (Å²) in [6.07, 6.45) is 0.462. The molecule has 6 heteroatoms. The van der Waals surface area contributed by atoms with E-state index in [1.54, 1.807) is 0 Å². The van der Waals surface area contributed by atoms with E-state index in [1.165, 1.54) is 0 Å². The molecule has 0 aromatic carbocycles. The molecule has 1 atom stereocenters. The fourth-order valence-electron chi connectivity index (χ4n) is 1.33. The lowest BCUT2D eigenvalue weighted by atomic mass is 10.3. The predicted octanol–water partition coefficient (Wildman–Crippen LogP) is -0.0181. The largest absolute Gasteiger partial charge is 0.396 e. The normalized spacial score (nSPS) is 22.5. The highest BCUT2D eigenvalue weighted by Gasteiger charge is 2.20. The van der Waals surface area contributed by atoms with Crippen molar-refractivity contribution in [3.63, 3.8) is 0 Å². The van der Waals surface area contributed by atoms with Crippen LogP contribution in [0, 0.1) is 0 Å². The summed E-state index contributed by atoms with van der Waals surface area (Å²) in [7, 11) is 0. The first-order valence-electron chi connectivity index (χ1n) is 4.64. The summed E-state index contributed by atoms with van der Waals surface area (Å²) in [6, 6.07) is 0.175. The van der Waals surface area contributed by atoms with E-state index in [1.807, 2.05) is 11.8 Å². The second-order valence-electron chi connectivity index (χ2n) is 3.10. The van der Waals surface area contributed by atoms with Crippen molar-refractivity contribution < 1.29 is 9.63 Å². The van der Waals surface area contributed by atoms with Gasteiger partial charge in [0.05, 0.1) is 12.6 Å². The van der Waals surface area contributed by atoms with Crippen molar-refractivity contribution in [1.82, 2.24) is 15.5 Å². The van der Waals surface area contributed by atoms with Gasteiger partial charge < -0.3 is 14.9 Å². The van der Waals surface area contributed by atoms with Gasteiger partial charge in [0, 0.05) is 24.5 Å². The number of aliphatic hydroxyl groups excluding tert-OH is 1. The zero-order valence-electron chi connectivity index (χ0n) is 7.77. The minimum Gasteiger partial charge on any atom is -0.396 e. The van der Waals surface area contributed by atoms with Crippen LogP contribution in [0.5, 0.6) is 0 Å². The first-order valence-corrected chi connectivity index (χ1v) is 5.80. The molecule has 0 spiro atoms. The number of hydrogen-bond acceptors (Lipinski definition) is 6. The zero-order valence-corrected chi connectivity index (χ0v) is 8.59. The van der Waals surface area contributed by atoms with Crippen LogP contribution in [0.3, 0.4) is 0 Å². The van der Waals surface area contributed by atoms with Crippen LogP contribution in [0.4, 0.5) is 0 Å². The van der Waals surface area contributed by atoms with Crippen LogP contribution in [-0.4, -0.2) is 39.9 Å². The third kappa shape index (κ3) is 2.26. The average molecular weight is 215 g/mol. The van der Waals surface area contributed by atoms with Crippen molar-refractivity contribution >= 4 is 11.8 Å². The molecular formula is C8H13N3O2S. The lowest BCUT2D eigenvalue weighted by Crippen LogP contribution is -2.30. The Bertz CT molecular complexity index is 286. The Hall–Kier alpha value is -0.590. The van der Waals surface area contributed by atoms with E-state index in [9.17, 15) is 0 Å². The van der Waals surface area contributed by atoms with Crippen molar-refractivity contribution in [3.8, 4) is 0 Å². The molecule has 1 aromatic rings. The summed E-state index contributed by atoms with van der Waals surface area (Å²) in [5.74, 6) is 3.33. The van der Waals surface area contributed by atoms with E-state index in [0.29, 0.717) is 18.1 Å². The molecule has 78 valence electrons. The molecule has 14 heavy (non-hydrogen) atoms. The fourth-order valence-corrected chi connectivity index (χ4v) is 2.26. The standard InChI is InChI=1S/C8H13N3O2S/c12-3-1-7-10-8(13-11-7)6-5-14-4-2-9-6/h6,9,12H,1-5H2. The van der Waals surface area contributed by atoms with Gasteiger partial charge in [0.25, 0.3) is 0 Å². The Morgan fingerprint density at radius 1 is 1.64 bits per heavy atom. The van der Waals surface area contributed by atoms with Gasteiger partial charge in [-0.15, -0.1) is 0 Å². The number of rotatable bonds is 3. The summed E-state index contributed by atoms with van der Waals surface area (Å²) >= 11 is 1.88. The van der Waals surface area contributed by atoms with E-state index < -0.39 is 0 Å². The van der Waals surface area contributed by atoms with E-state index in [2.05, 4.69) is 15.5 Å². The molecule has 0 radical (unpaired) electrons. The lowest BCUT2D eigenvalue weighted by Gasteiger charge is -2.19. The highest BCUT2D eigenvalue weighted by molar-refractivity contribution is 7.99. The van der Waals surface area contributed by atoms with Gasteiger partial charge in [0.1, 0.15) is 0 Å². The van der Waals surface area contributed by atoms with Crippen LogP contribution >= 0.6 is 11.8 Å². The molecule has 0 amide bonds. The topological polar surface area (TPSA) is 71.2 Å². The number of nitrogens with zero attached hydrogens (tertiary/aromatic N) is 2. The molecular weight excluding hydrogens is 202 g/mol. The Morgan fingerprint density at radius 3 is 3.29 bits per heavy atom. The van der Waals surface area contributed by atoms with Crippen LogP contribution in [0.25, 0.3) is 0 Å². The molecule has 0 saturated carbocycles. The van der Waals surface area contributed by atoms with Gasteiger partial charge in [-0.05, 0) is 0 Å². The molecule has 1 fully saturated rings. The second kappa shape index (κ2) is 4.77. The summed E-state index contributed by atoms with van der Waals surface area (Å²) in [5.41, 5.74) is 0. The van der Waals surface area contributed by atoms with Crippen molar-refractivity contribution in [2.75, 3.05) is 24.7 Å². The maximum atomic E-state index is 8.70. The molecule has 0 bridgehead atoms. The molecule has 1 aliphatic heterocycles. The van der Waals surface area contributed by atoms with Crippen molar-refractivity contribution in [2.24, 2.45) is 0 Å². The third-order valence-corrected chi connectivity index (χ3v) is 3.10. The average Bonchev–Trinajstić information content (AvgIpc) is 2.68. The Balaban J connectivity index is 2.00. The number of aromatic nitrogens is 2. The first-order chi connectivity index (χ1) is 6.90. The van der Waals surface area contributed by atoms with Crippen molar-refractivity contribution in [2.45, 2.75) is 12.5 Å². The second-order valence-corrected chi connectivity index (χ2v) is 4.25. The molecule has 2 N–H and O–H groups in total. The number of aliphatic hydroxyl groups is 1. The van der Waals surface area contributed by atoms with E-state index in [0.717, 1.165) is 18.1 Å². The molecule has 1 unspecified atom stereocenters. The maximum Gasteiger partial charge on any atom is 0.244 e. The predicted molar refractivity (Wildman–Crippen MR) is 53.2 cm³/mol. The molecule has 2 heterocycles. The Morgan fingerprint density at radius 2 is 2.57 bits per heavy atom. The molecule has 5 nitrogen and oxygen atoms in total. The lowest BCUT2D eigenvalue weighted by molar-refractivity contribution is 0.291. The van der Waals surface area contributed by atoms with Gasteiger partial charge in [-0.2, -0.15) is 16.7 Å². The van der Waals surface area contributed by atoms with Gasteiger partial charge >= 0.3 is 0 Å². The molecule has 1 aromatic heterocycles. The van der Waals surface area contributed by atoms with Gasteiger partial charge in [0.15, 0.2) is 5.82 Å². The summed E-state index contributed by atoms with van der Waals surface area (Å²) in [5, 5.41) is 15.8. The van der Waals surface area contributed by atoms with E-state index in [-0.39, 0.29) is 12.6 Å². The number of thioether (sulfide) groups is 1. The quantitative estimate of drug-likeness (QED) is 0.738. The van der Waals surface area contributed by atoms with Crippen LogP contribution in [0.1, 0.15) is 17.8 Å². The first kappa shape index (κ1) is 9.95. The Labute approximate surface area is 86.3 Å². The summed E-state index contributed by atoms with van der Waals surface area (Å²) < 4.78 is 5.11. The smallest absolute Gasteiger partial charge is 0.244 e. The molecule has 1 aliphatic rings. The zero-order chi connectivity index (χ0) is 9.80. The molecule has 1 saturated heterocycles. The van der Waals surface area contributed by atoms with Crippen LogP contribution < -0.4 is 5.32 Å². The van der Waals surface area contributed by atoms with Crippen molar-refractivity contribution in [1.29, 1.82) is 0 Å². The van der Waals surface area contributed by atoms with Gasteiger partial charge in [0.2, 0.25) is 5.89 Å². The van der Waals surface area contributed by atoms with E-state index >= 15 is 0 Å². The highest BCUT2D eigenvalue weighted by Crippen LogP contribution is 2.20.